The number of nitrogens with zero attached hydrogens (tertiary/aromatic N) is 2. The smallest absolute Gasteiger partial charge is 0.351 e. The summed E-state index contributed by atoms with van der Waals surface area (Å²) in [7, 11) is -1.87. The first-order valence-electron chi connectivity index (χ1n) is 7.74. The summed E-state index contributed by atoms with van der Waals surface area (Å²) >= 11 is 0. The van der Waals surface area contributed by atoms with Crippen LogP contribution in [0.15, 0.2) is 17.1 Å². The Morgan fingerprint density at radius 1 is 1.52 bits per heavy atom. The molecule has 1 aliphatic rings. The number of rotatable bonds is 4. The zero-order valence-electron chi connectivity index (χ0n) is 14.8. The van der Waals surface area contributed by atoms with E-state index in [1.165, 1.54) is 4.57 Å². The lowest BCUT2D eigenvalue weighted by Gasteiger charge is -2.36. The van der Waals surface area contributed by atoms with Crippen LogP contribution in [0.2, 0.25) is 18.1 Å². The molecule has 0 unspecified atom stereocenters. The number of nitrogens with two attached hydrogens (primary N) is 1. The number of aromatic nitrogens is 2. The fourth-order valence-electron chi connectivity index (χ4n) is 2.08. The summed E-state index contributed by atoms with van der Waals surface area (Å²) in [6, 6.07) is 1.56. The Kier molecular flexibility index (Phi) is 4.73. The molecule has 1 saturated heterocycles. The van der Waals surface area contributed by atoms with Gasteiger partial charge in [-0.2, -0.15) is 4.98 Å². The second-order valence-corrected chi connectivity index (χ2v) is 12.4. The Morgan fingerprint density at radius 3 is 2.74 bits per heavy atom. The Morgan fingerprint density at radius 2 is 2.17 bits per heavy atom. The van der Waals surface area contributed by atoms with Gasteiger partial charge in [0.1, 0.15) is 5.82 Å². The van der Waals surface area contributed by atoms with Gasteiger partial charge in [-0.15, -0.1) is 0 Å². The van der Waals surface area contributed by atoms with Crippen molar-refractivity contribution in [1.29, 1.82) is 0 Å². The number of hydrogen-bond acceptors (Lipinski definition) is 6. The maximum absolute atomic E-state index is 12.0. The SMILES string of the molecule is CC(C)(C)[Si](C)(C)OC[C@@H]1OC[C@](C)(n2ccc(N)nc2=O)O1. The van der Waals surface area contributed by atoms with Crippen LogP contribution in [0.3, 0.4) is 0 Å². The Bertz CT molecular complexity index is 626. The third-order valence-corrected chi connectivity index (χ3v) is 9.14. The minimum atomic E-state index is -1.87. The molecule has 0 amide bonds. The third-order valence-electron chi connectivity index (χ3n) is 4.64. The van der Waals surface area contributed by atoms with Crippen LogP contribution in [0.1, 0.15) is 27.7 Å². The van der Waals surface area contributed by atoms with Crippen molar-refractivity contribution in [3.8, 4) is 0 Å². The average Bonchev–Trinajstić information content (AvgIpc) is 2.78. The molecule has 2 rings (SSSR count). The second kappa shape index (κ2) is 6.01. The lowest BCUT2D eigenvalue weighted by molar-refractivity contribution is -0.131. The van der Waals surface area contributed by atoms with Crippen LogP contribution in [0, 0.1) is 0 Å². The molecule has 1 fully saturated rings. The van der Waals surface area contributed by atoms with E-state index in [1.54, 1.807) is 19.2 Å². The summed E-state index contributed by atoms with van der Waals surface area (Å²) in [5, 5.41) is 0.118. The molecule has 2 heterocycles. The first-order chi connectivity index (χ1) is 10.4. The van der Waals surface area contributed by atoms with E-state index in [0.717, 1.165) is 0 Å². The molecule has 1 aromatic rings. The molecule has 7 nitrogen and oxygen atoms in total. The zero-order valence-corrected chi connectivity index (χ0v) is 15.8. The molecule has 0 radical (unpaired) electrons. The Balaban J connectivity index is 2.05. The number of ether oxygens (including phenoxy) is 2. The van der Waals surface area contributed by atoms with Crippen LogP contribution in [-0.2, 0) is 19.6 Å². The number of anilines is 1. The van der Waals surface area contributed by atoms with Crippen molar-refractivity contribution >= 4 is 14.1 Å². The predicted octanol–water partition coefficient (Wildman–Crippen LogP) is 1.89. The van der Waals surface area contributed by atoms with Gasteiger partial charge < -0.3 is 19.6 Å². The van der Waals surface area contributed by atoms with Crippen LogP contribution in [-0.4, -0.2) is 37.4 Å². The van der Waals surface area contributed by atoms with Crippen molar-refractivity contribution in [3.05, 3.63) is 22.7 Å². The van der Waals surface area contributed by atoms with E-state index in [0.29, 0.717) is 6.61 Å². The molecule has 0 aromatic carbocycles. The molecule has 1 aliphatic heterocycles. The van der Waals surface area contributed by atoms with E-state index in [1.807, 2.05) is 0 Å². The van der Waals surface area contributed by atoms with Gasteiger partial charge in [-0.25, -0.2) is 4.79 Å². The minimum absolute atomic E-state index is 0.118. The second-order valence-electron chi connectivity index (χ2n) is 7.61. The summed E-state index contributed by atoms with van der Waals surface area (Å²) in [5.41, 5.74) is 4.16. The van der Waals surface area contributed by atoms with Crippen LogP contribution >= 0.6 is 0 Å². The van der Waals surface area contributed by atoms with E-state index in [2.05, 4.69) is 38.8 Å². The van der Waals surface area contributed by atoms with Crippen molar-refractivity contribution in [1.82, 2.24) is 9.55 Å². The lowest BCUT2D eigenvalue weighted by Crippen LogP contribution is -2.44. The highest BCUT2D eigenvalue weighted by Crippen LogP contribution is 2.37. The maximum Gasteiger partial charge on any atom is 0.351 e. The summed E-state index contributed by atoms with van der Waals surface area (Å²) in [4.78, 5) is 15.7. The molecular formula is C15H27N3O4Si. The molecule has 130 valence electrons. The first-order valence-corrected chi connectivity index (χ1v) is 10.6. The Labute approximate surface area is 137 Å². The van der Waals surface area contributed by atoms with E-state index in [9.17, 15) is 4.79 Å². The molecular weight excluding hydrogens is 314 g/mol. The lowest BCUT2D eigenvalue weighted by atomic mass is 10.2. The molecule has 1 aromatic heterocycles. The topological polar surface area (TPSA) is 88.6 Å². The highest BCUT2D eigenvalue weighted by molar-refractivity contribution is 6.74. The van der Waals surface area contributed by atoms with E-state index in [-0.39, 0.29) is 17.5 Å². The summed E-state index contributed by atoms with van der Waals surface area (Å²) in [5.74, 6) is 0.187. The zero-order chi connectivity index (χ0) is 17.5. The molecule has 0 saturated carbocycles. The van der Waals surface area contributed by atoms with Crippen LogP contribution in [0.5, 0.6) is 0 Å². The van der Waals surface area contributed by atoms with E-state index < -0.39 is 26.0 Å². The van der Waals surface area contributed by atoms with Gasteiger partial charge in [0, 0.05) is 6.20 Å². The van der Waals surface area contributed by atoms with Gasteiger partial charge in [0.05, 0.1) is 13.2 Å². The maximum atomic E-state index is 12.0. The predicted molar refractivity (Wildman–Crippen MR) is 90.5 cm³/mol. The van der Waals surface area contributed by atoms with Crippen LogP contribution in [0.25, 0.3) is 0 Å². The van der Waals surface area contributed by atoms with E-state index >= 15 is 0 Å². The van der Waals surface area contributed by atoms with Gasteiger partial charge in [0.2, 0.25) is 0 Å². The molecule has 23 heavy (non-hydrogen) atoms. The normalized spacial score (nSPS) is 25.7. The molecule has 2 atom stereocenters. The van der Waals surface area contributed by atoms with Gasteiger partial charge >= 0.3 is 5.69 Å². The van der Waals surface area contributed by atoms with Crippen molar-refractivity contribution in [2.45, 2.75) is 57.8 Å². The highest BCUT2D eigenvalue weighted by atomic mass is 28.4. The van der Waals surface area contributed by atoms with Gasteiger partial charge in [-0.05, 0) is 31.1 Å². The number of hydrogen-bond donors (Lipinski definition) is 1. The summed E-state index contributed by atoms with van der Waals surface area (Å²) < 4.78 is 19.1. The van der Waals surface area contributed by atoms with Gasteiger partial charge in [-0.3, -0.25) is 4.57 Å². The summed E-state index contributed by atoms with van der Waals surface area (Å²) in [6.45, 7) is 13.3. The Hall–Kier alpha value is -1.22. The van der Waals surface area contributed by atoms with Gasteiger partial charge in [0.25, 0.3) is 0 Å². The van der Waals surface area contributed by atoms with Crippen LogP contribution in [0.4, 0.5) is 5.82 Å². The summed E-state index contributed by atoms with van der Waals surface area (Å²) in [6.07, 6.45) is 1.07. The van der Waals surface area contributed by atoms with Crippen LogP contribution < -0.4 is 11.4 Å². The molecule has 8 heteroatoms. The monoisotopic (exact) mass is 341 g/mol. The van der Waals surface area contributed by atoms with Crippen molar-refractivity contribution in [2.24, 2.45) is 0 Å². The standard InChI is InChI=1S/C15H27N3O4Si/c1-14(2,3)23(5,6)21-9-12-20-10-15(4,22-12)18-8-7-11(16)17-13(18)19/h7-8,12H,9-10H2,1-6H3,(H2,16,17,19)/t12-,15-/m1/s1. The molecule has 0 bridgehead atoms. The largest absolute Gasteiger partial charge is 0.412 e. The van der Waals surface area contributed by atoms with Crippen molar-refractivity contribution in [2.75, 3.05) is 18.9 Å². The first kappa shape index (κ1) is 18.1. The fraction of sp³-hybridized carbons (Fsp3) is 0.733. The van der Waals surface area contributed by atoms with Gasteiger partial charge in [-0.1, -0.05) is 20.8 Å². The van der Waals surface area contributed by atoms with Gasteiger partial charge in [0.15, 0.2) is 20.3 Å². The number of nitrogen functional groups attached to an aromatic ring is 1. The fourth-order valence-corrected chi connectivity index (χ4v) is 3.06. The van der Waals surface area contributed by atoms with E-state index in [4.69, 9.17) is 19.6 Å². The molecule has 0 spiro atoms. The quantitative estimate of drug-likeness (QED) is 0.841. The molecule has 0 aliphatic carbocycles. The van der Waals surface area contributed by atoms with Crippen molar-refractivity contribution < 1.29 is 13.9 Å². The highest BCUT2D eigenvalue weighted by Gasteiger charge is 2.42. The van der Waals surface area contributed by atoms with Crippen molar-refractivity contribution in [3.63, 3.8) is 0 Å². The molecule has 2 N–H and O–H groups in total. The third kappa shape index (κ3) is 3.82. The minimum Gasteiger partial charge on any atom is -0.412 e. The average molecular weight is 341 g/mol.